The van der Waals surface area contributed by atoms with Crippen LogP contribution in [0.25, 0.3) is 0 Å². The maximum atomic E-state index is 12.6. The summed E-state index contributed by atoms with van der Waals surface area (Å²) in [6, 6.07) is 0. The standard InChI is InChI=1S/C19H37N3O5Se.C2H6.Ba/c1-14(6-9-21-15(2)23)25-11-8-19(3,4)26-10-7-17(24)22-12-16(20-5)27-18(28)13-22;1-2;/h14,16,18,20,28H,6-13H2,1-5H3,(H,21,23);1-2H3;/q;;+1/p-1. The van der Waals surface area contributed by atoms with Crippen molar-refractivity contribution < 1.29 is 23.8 Å². The summed E-state index contributed by atoms with van der Waals surface area (Å²) >= 11 is 0.719. The van der Waals surface area contributed by atoms with E-state index >= 15 is 0 Å². The Hall–Kier alpha value is 0.871. The molecule has 0 bridgehead atoms. The topological polar surface area (TPSA) is 89.1 Å². The number of carbonyl (C=O) groups excluding carboxylic acids is 2. The van der Waals surface area contributed by atoms with E-state index in [4.69, 9.17) is 14.2 Å². The second-order valence-electron chi connectivity index (χ2n) is 7.87. The first-order valence-corrected chi connectivity index (χ1v) is 22.8. The molecule has 0 aromatic heterocycles. The van der Waals surface area contributed by atoms with Crippen molar-refractivity contribution in [2.75, 3.05) is 39.9 Å². The minimum absolute atomic E-state index is 0.0198. The predicted octanol–water partition coefficient (Wildman–Crippen LogP) is 1.04. The molecule has 8 nitrogen and oxygen atoms in total. The minimum atomic E-state index is -0.348. The summed E-state index contributed by atoms with van der Waals surface area (Å²) in [5.74, 6) is 0.114. The number of morpholine rings is 1. The van der Waals surface area contributed by atoms with E-state index in [-0.39, 0.29) is 34.7 Å². The Balaban J connectivity index is 0.00000436. The summed E-state index contributed by atoms with van der Waals surface area (Å²) < 4.78 is 17.7. The van der Waals surface area contributed by atoms with E-state index in [0.717, 1.165) is 55.9 Å². The number of hydrogen-bond donors (Lipinski definition) is 2. The van der Waals surface area contributed by atoms with Gasteiger partial charge in [0.25, 0.3) is 0 Å². The zero-order chi connectivity index (χ0) is 23.9. The van der Waals surface area contributed by atoms with Crippen molar-refractivity contribution in [2.45, 2.75) is 83.7 Å². The third-order valence-electron chi connectivity index (χ3n) is 4.77. The molecule has 1 heterocycles. The van der Waals surface area contributed by atoms with Gasteiger partial charge in [0, 0.05) is 13.5 Å². The van der Waals surface area contributed by atoms with E-state index in [1.165, 1.54) is 6.92 Å². The van der Waals surface area contributed by atoms with E-state index in [0.29, 0.717) is 45.4 Å². The van der Waals surface area contributed by atoms with Gasteiger partial charge >= 0.3 is 167 Å². The average molecular weight is 633 g/mol. The van der Waals surface area contributed by atoms with Crippen LogP contribution in [0, 0.1) is 0 Å². The monoisotopic (exact) mass is 634 g/mol. The normalized spacial score (nSPS) is 19.9. The molecule has 3 unspecified atom stereocenters. The van der Waals surface area contributed by atoms with Crippen molar-refractivity contribution in [3.63, 3.8) is 0 Å². The Morgan fingerprint density at radius 2 is 1.97 bits per heavy atom. The fourth-order valence-corrected chi connectivity index (χ4v) is 6.91. The molecule has 1 fully saturated rings. The fraction of sp³-hybridized carbons (Fsp3) is 0.905. The van der Waals surface area contributed by atoms with Crippen molar-refractivity contribution in [1.82, 2.24) is 15.5 Å². The van der Waals surface area contributed by atoms with Crippen LogP contribution in [-0.2, 0) is 23.8 Å². The fourth-order valence-electron chi connectivity index (χ4n) is 2.86. The van der Waals surface area contributed by atoms with Crippen LogP contribution in [0.1, 0.15) is 60.8 Å². The van der Waals surface area contributed by atoms with Crippen LogP contribution in [0.4, 0.5) is 0 Å². The molecule has 0 aliphatic carbocycles. The number of likely N-dealkylation sites (N-methyl/N-ethyl adjacent to an activating group) is 1. The molecule has 0 spiro atoms. The molecule has 1 saturated heterocycles. The number of hydrogen-bond acceptors (Lipinski definition) is 6. The molecule has 0 saturated carbocycles. The van der Waals surface area contributed by atoms with E-state index in [2.05, 4.69) is 10.6 Å². The molecule has 1 aliphatic heterocycles. The van der Waals surface area contributed by atoms with Crippen molar-refractivity contribution >= 4 is 61.1 Å². The van der Waals surface area contributed by atoms with Gasteiger partial charge in [0.1, 0.15) is 0 Å². The van der Waals surface area contributed by atoms with Gasteiger partial charge in [-0.1, -0.05) is 13.8 Å². The van der Waals surface area contributed by atoms with Gasteiger partial charge in [-0.15, -0.1) is 0 Å². The van der Waals surface area contributed by atoms with Crippen LogP contribution in [0.2, 0.25) is 0 Å². The summed E-state index contributed by atoms with van der Waals surface area (Å²) in [6.45, 7) is 14.5. The van der Waals surface area contributed by atoms with Crippen LogP contribution in [0.15, 0.2) is 0 Å². The Bertz CT molecular complexity index is 501. The number of nitrogens with zero attached hydrogens (tertiary/aromatic N) is 1. The van der Waals surface area contributed by atoms with Gasteiger partial charge in [-0.05, 0) is 13.3 Å². The molecule has 3 atom stereocenters. The second kappa shape index (κ2) is 18.2. The molecule has 0 aromatic rings. The van der Waals surface area contributed by atoms with Crippen molar-refractivity contribution in [1.29, 1.82) is 0 Å². The van der Waals surface area contributed by atoms with Crippen LogP contribution in [0.5, 0.6) is 0 Å². The third-order valence-corrected chi connectivity index (χ3v) is 12.2. The molecule has 31 heavy (non-hydrogen) atoms. The van der Waals surface area contributed by atoms with E-state index in [1.807, 2.05) is 46.6 Å². The molecule has 1 radical (unpaired) electrons. The molecular weight excluding hydrogens is 591 g/mol. The second-order valence-corrected chi connectivity index (χ2v) is 15.1. The summed E-state index contributed by atoms with van der Waals surface area (Å²) in [5.41, 5.74) is -0.348. The van der Waals surface area contributed by atoms with E-state index in [9.17, 15) is 9.59 Å². The Labute approximate surface area is 221 Å². The third kappa shape index (κ3) is 15.4. The van der Waals surface area contributed by atoms with Gasteiger partial charge < -0.3 is 5.32 Å². The number of nitrogens with one attached hydrogen (secondary N) is 2. The number of ether oxygens (including phenoxy) is 3. The zero-order valence-corrected chi connectivity index (χ0v) is 26.6. The Morgan fingerprint density at radius 3 is 2.55 bits per heavy atom. The summed E-state index contributed by atoms with van der Waals surface area (Å²) in [4.78, 5) is 25.4. The molecule has 1 rings (SSSR count). The van der Waals surface area contributed by atoms with Gasteiger partial charge in [-0.3, -0.25) is 4.79 Å². The van der Waals surface area contributed by atoms with Crippen LogP contribution in [-0.4, -0.2) is 129 Å². The number of carbonyl (C=O) groups is 2. The molecule has 2 N–H and O–H groups in total. The van der Waals surface area contributed by atoms with Gasteiger partial charge in [0.2, 0.25) is 5.91 Å². The maximum absolute atomic E-state index is 12.6. The molecule has 2 amide bonds. The van der Waals surface area contributed by atoms with Crippen LogP contribution in [0.3, 0.4) is 0 Å². The molecular formula is C21H42BaN3O5Se. The van der Waals surface area contributed by atoms with Gasteiger partial charge in [-0.25, -0.2) is 0 Å². The average Bonchev–Trinajstić information content (AvgIpc) is 2.74. The SMILES string of the molecule is CC.CNC1CN(C(=O)CCOC(C)(C)CCOC(C)CCNC(C)=O)CC([Se][Ba])O1. The van der Waals surface area contributed by atoms with Gasteiger partial charge in [0.05, 0.1) is 0 Å². The number of amides is 2. The first-order chi connectivity index (χ1) is 14.7. The molecule has 10 heteroatoms. The molecule has 0 aromatic carbocycles. The summed E-state index contributed by atoms with van der Waals surface area (Å²) in [5, 5.41) is 6.13. The first-order valence-electron chi connectivity index (χ1n) is 11.2. The number of rotatable bonds is 13. The molecule has 179 valence electrons. The van der Waals surface area contributed by atoms with Crippen LogP contribution < -0.4 is 10.6 Å². The predicted molar refractivity (Wildman–Crippen MR) is 125 cm³/mol. The van der Waals surface area contributed by atoms with Crippen molar-refractivity contribution in [3.8, 4) is 0 Å². The molecule has 1 aliphatic rings. The van der Waals surface area contributed by atoms with E-state index < -0.39 is 0 Å². The van der Waals surface area contributed by atoms with Crippen molar-refractivity contribution in [3.05, 3.63) is 0 Å². The van der Waals surface area contributed by atoms with Gasteiger partial charge in [-0.2, -0.15) is 0 Å². The zero-order valence-electron chi connectivity index (χ0n) is 20.5. The Kier molecular flexibility index (Phi) is 18.7. The van der Waals surface area contributed by atoms with Crippen LogP contribution >= 0.6 is 0 Å². The Morgan fingerprint density at radius 1 is 1.29 bits per heavy atom. The summed E-state index contributed by atoms with van der Waals surface area (Å²) in [6.07, 6.45) is 2.47. The van der Waals surface area contributed by atoms with E-state index in [1.54, 1.807) is 0 Å². The van der Waals surface area contributed by atoms with Gasteiger partial charge in [0.15, 0.2) is 0 Å². The quantitative estimate of drug-likeness (QED) is 0.295. The first kappa shape index (κ1) is 31.9. The van der Waals surface area contributed by atoms with Crippen molar-refractivity contribution in [2.24, 2.45) is 0 Å². The summed E-state index contributed by atoms with van der Waals surface area (Å²) in [7, 11) is 1.87.